The van der Waals surface area contributed by atoms with E-state index in [-0.39, 0.29) is 43.2 Å². The van der Waals surface area contributed by atoms with Gasteiger partial charge in [-0.15, -0.1) is 0 Å². The molecule has 0 aliphatic heterocycles. The quantitative estimate of drug-likeness (QED) is 0.251. The van der Waals surface area contributed by atoms with E-state index in [0.29, 0.717) is 11.5 Å². The van der Waals surface area contributed by atoms with E-state index in [1.54, 1.807) is 24.3 Å². The van der Waals surface area contributed by atoms with Crippen molar-refractivity contribution in [2.75, 3.05) is 0 Å². The SMILES string of the molecule is NC(Cc1cc(I)c(Oc2ccc(O)cc2)c(I)c1I)C(=O)O.[H-].[Na+]. The molecule has 0 saturated heterocycles. The molecule has 2 rings (SSSR count). The summed E-state index contributed by atoms with van der Waals surface area (Å²) in [6, 6.07) is 7.44. The van der Waals surface area contributed by atoms with Crippen LogP contribution in [0, 0.1) is 10.7 Å². The molecule has 0 amide bonds. The second-order valence-corrected chi connectivity index (χ2v) is 8.04. The topological polar surface area (TPSA) is 92.8 Å². The predicted molar refractivity (Wildman–Crippen MR) is 113 cm³/mol. The Kier molecular flexibility index (Phi) is 9.57. The summed E-state index contributed by atoms with van der Waals surface area (Å²) in [5, 5.41) is 18.3. The molecule has 9 heteroatoms. The van der Waals surface area contributed by atoms with E-state index < -0.39 is 12.0 Å². The van der Waals surface area contributed by atoms with Gasteiger partial charge in [-0.05, 0) is 110 Å². The van der Waals surface area contributed by atoms with E-state index in [2.05, 4.69) is 67.8 Å². The van der Waals surface area contributed by atoms with Gasteiger partial charge >= 0.3 is 35.5 Å². The molecule has 0 heterocycles. The fourth-order valence-electron chi connectivity index (χ4n) is 1.83. The number of aromatic hydroxyl groups is 1. The van der Waals surface area contributed by atoms with Gasteiger partial charge in [0.25, 0.3) is 0 Å². The van der Waals surface area contributed by atoms with Crippen molar-refractivity contribution in [3.8, 4) is 17.2 Å². The van der Waals surface area contributed by atoms with Gasteiger partial charge < -0.3 is 22.1 Å². The maximum Gasteiger partial charge on any atom is 1.00 e. The summed E-state index contributed by atoms with van der Waals surface area (Å²) in [6.07, 6.45) is 0.263. The minimum Gasteiger partial charge on any atom is -1.00 e. The van der Waals surface area contributed by atoms with Crippen LogP contribution in [-0.4, -0.2) is 22.2 Å². The normalized spacial score (nSPS) is 11.5. The van der Waals surface area contributed by atoms with Crippen LogP contribution in [0.2, 0.25) is 0 Å². The monoisotopic (exact) mass is 675 g/mol. The second kappa shape index (κ2) is 10.1. The van der Waals surface area contributed by atoms with Gasteiger partial charge in [-0.2, -0.15) is 0 Å². The molecule has 0 radical (unpaired) electrons. The summed E-state index contributed by atoms with van der Waals surface area (Å²) in [7, 11) is 0. The number of hydrogen-bond donors (Lipinski definition) is 3. The molecule has 0 spiro atoms. The number of carboxylic acid groups (broad SMARTS) is 1. The summed E-state index contributed by atoms with van der Waals surface area (Å²) in [4.78, 5) is 10.9. The largest absolute Gasteiger partial charge is 1.00 e. The molecule has 1 atom stereocenters. The fourth-order valence-corrected chi connectivity index (χ4v) is 4.47. The first-order valence-corrected chi connectivity index (χ1v) is 9.65. The fraction of sp³-hybridized carbons (Fsp3) is 0.133. The van der Waals surface area contributed by atoms with Crippen molar-refractivity contribution in [1.82, 2.24) is 0 Å². The number of aliphatic carboxylic acids is 1. The summed E-state index contributed by atoms with van der Waals surface area (Å²) in [6.45, 7) is 0. The summed E-state index contributed by atoms with van der Waals surface area (Å²) >= 11 is 6.51. The third kappa shape index (κ3) is 5.84. The standard InChI is InChI=1S/C15H12I3NO4.Na.H/c16-10-5-7(6-11(19)15(21)22)12(17)13(18)14(10)23-9-3-1-8(20)2-4-9;;/h1-5,11,20H,6,19H2,(H,21,22);;/q;+1;-1. The molecule has 5 nitrogen and oxygen atoms in total. The van der Waals surface area contributed by atoms with Crippen molar-refractivity contribution in [1.29, 1.82) is 0 Å². The Labute approximate surface area is 203 Å². The molecule has 2 aromatic rings. The number of halogens is 3. The van der Waals surface area contributed by atoms with E-state index in [4.69, 9.17) is 15.6 Å². The molecule has 0 bridgehead atoms. The van der Waals surface area contributed by atoms with Gasteiger partial charge in [0.15, 0.2) is 5.75 Å². The number of ether oxygens (including phenoxy) is 1. The molecule has 1 unspecified atom stereocenters. The van der Waals surface area contributed by atoms with Crippen LogP contribution in [-0.2, 0) is 11.2 Å². The number of carboxylic acids is 1. The van der Waals surface area contributed by atoms with Crippen LogP contribution in [0.15, 0.2) is 30.3 Å². The molecule has 124 valence electrons. The average molecular weight is 675 g/mol. The Morgan fingerprint density at radius 2 is 1.79 bits per heavy atom. The van der Waals surface area contributed by atoms with Crippen LogP contribution in [0.4, 0.5) is 0 Å². The van der Waals surface area contributed by atoms with E-state index in [1.807, 2.05) is 6.07 Å². The summed E-state index contributed by atoms with van der Waals surface area (Å²) in [5.41, 5.74) is 6.51. The van der Waals surface area contributed by atoms with Gasteiger partial charge in [0.05, 0.1) is 7.14 Å². The Bertz CT molecular complexity index is 747. The minimum absolute atomic E-state index is 0. The second-order valence-electron chi connectivity index (χ2n) is 4.72. The maximum atomic E-state index is 10.9. The molecule has 24 heavy (non-hydrogen) atoms. The molecule has 0 fully saturated rings. The van der Waals surface area contributed by atoms with E-state index in [1.165, 1.54) is 0 Å². The van der Waals surface area contributed by atoms with E-state index in [0.717, 1.165) is 16.3 Å². The van der Waals surface area contributed by atoms with Gasteiger partial charge in [-0.3, -0.25) is 4.79 Å². The van der Waals surface area contributed by atoms with Crippen molar-refractivity contribution in [2.45, 2.75) is 12.5 Å². The van der Waals surface area contributed by atoms with Crippen LogP contribution in [0.5, 0.6) is 17.2 Å². The van der Waals surface area contributed by atoms with E-state index in [9.17, 15) is 9.90 Å². The molecular weight excluding hydrogens is 662 g/mol. The molecule has 0 aliphatic carbocycles. The first kappa shape index (κ1) is 22.7. The Morgan fingerprint density at radius 1 is 1.21 bits per heavy atom. The third-order valence-corrected chi connectivity index (χ3v) is 7.10. The summed E-state index contributed by atoms with van der Waals surface area (Å²) < 4.78 is 8.60. The zero-order valence-electron chi connectivity index (χ0n) is 13.6. The predicted octanol–water partition coefficient (Wildman–Crippen LogP) is 1.07. The van der Waals surface area contributed by atoms with Crippen molar-refractivity contribution in [3.63, 3.8) is 0 Å². The van der Waals surface area contributed by atoms with Crippen molar-refractivity contribution < 1.29 is 50.7 Å². The first-order valence-electron chi connectivity index (χ1n) is 6.41. The van der Waals surface area contributed by atoms with Crippen LogP contribution in [0.1, 0.15) is 6.99 Å². The number of carbonyl (C=O) groups is 1. The van der Waals surface area contributed by atoms with Crippen molar-refractivity contribution in [3.05, 3.63) is 46.6 Å². The maximum absolute atomic E-state index is 10.9. The van der Waals surface area contributed by atoms with Crippen LogP contribution < -0.4 is 40.0 Å². The molecule has 4 N–H and O–H groups in total. The molecular formula is C15H13I3NNaO4. The Balaban J connectivity index is 0.00000288. The number of rotatable bonds is 5. The van der Waals surface area contributed by atoms with Gasteiger partial charge in [0.2, 0.25) is 0 Å². The molecule has 2 aromatic carbocycles. The van der Waals surface area contributed by atoms with Crippen LogP contribution in [0.25, 0.3) is 0 Å². The number of phenols is 1. The van der Waals surface area contributed by atoms with Gasteiger partial charge in [-0.25, -0.2) is 0 Å². The third-order valence-electron chi connectivity index (χ3n) is 3.01. The average Bonchev–Trinajstić information content (AvgIpc) is 2.50. The number of nitrogens with two attached hydrogens (primary N) is 1. The minimum atomic E-state index is -1.02. The van der Waals surface area contributed by atoms with Crippen molar-refractivity contribution >= 4 is 73.7 Å². The number of hydrogen-bond acceptors (Lipinski definition) is 4. The molecule has 0 saturated carbocycles. The van der Waals surface area contributed by atoms with Gasteiger partial charge in [0.1, 0.15) is 17.5 Å². The van der Waals surface area contributed by atoms with Gasteiger partial charge in [0, 0.05) is 3.57 Å². The zero-order valence-corrected chi connectivity index (χ0v) is 21.1. The first-order chi connectivity index (χ1) is 10.8. The smallest absolute Gasteiger partial charge is 1.00 e. The zero-order chi connectivity index (χ0) is 17.1. The van der Waals surface area contributed by atoms with Crippen molar-refractivity contribution in [2.24, 2.45) is 5.73 Å². The number of phenolic OH excluding ortho intramolecular Hbond substituents is 1. The summed E-state index contributed by atoms with van der Waals surface area (Å²) in [5.74, 6) is 0.475. The molecule has 0 aliphatic rings. The Morgan fingerprint density at radius 3 is 2.33 bits per heavy atom. The molecule has 0 aromatic heterocycles. The van der Waals surface area contributed by atoms with Gasteiger partial charge in [-0.1, -0.05) is 0 Å². The van der Waals surface area contributed by atoms with E-state index >= 15 is 0 Å². The number of benzene rings is 2. The van der Waals surface area contributed by atoms with Crippen LogP contribution >= 0.6 is 67.8 Å². The Hall–Kier alpha value is 0.660. The van der Waals surface area contributed by atoms with Crippen LogP contribution in [0.3, 0.4) is 0 Å².